The Bertz CT molecular complexity index is 747. The summed E-state index contributed by atoms with van der Waals surface area (Å²) in [5.41, 5.74) is 6.83. The van der Waals surface area contributed by atoms with Crippen molar-refractivity contribution in [3.63, 3.8) is 0 Å². The lowest BCUT2D eigenvalue weighted by atomic mass is 10.2. The van der Waals surface area contributed by atoms with Crippen LogP contribution in [0.2, 0.25) is 0 Å². The molecule has 0 saturated heterocycles. The van der Waals surface area contributed by atoms with E-state index in [2.05, 4.69) is 9.71 Å². The SMILES string of the molecule is Cc1nc(NS(=O)(=O)c2cccc(C(N)=S)c2)sc1C. The van der Waals surface area contributed by atoms with Gasteiger partial charge in [0.2, 0.25) is 0 Å². The second-order valence-corrected chi connectivity index (χ2v) is 7.48. The highest BCUT2D eigenvalue weighted by atomic mass is 32.2. The molecule has 0 atom stereocenters. The number of thiazole rings is 1. The first-order valence-corrected chi connectivity index (χ1v) is 8.37. The molecule has 2 aromatic rings. The van der Waals surface area contributed by atoms with Crippen LogP contribution in [0.15, 0.2) is 29.2 Å². The smallest absolute Gasteiger partial charge is 0.263 e. The third kappa shape index (κ3) is 3.14. The van der Waals surface area contributed by atoms with Crippen LogP contribution in [0.3, 0.4) is 0 Å². The number of aryl methyl sites for hydroxylation is 2. The number of sulfonamides is 1. The van der Waals surface area contributed by atoms with E-state index in [1.165, 1.54) is 23.5 Å². The highest BCUT2D eigenvalue weighted by Gasteiger charge is 2.17. The lowest BCUT2D eigenvalue weighted by molar-refractivity contribution is 0.601. The van der Waals surface area contributed by atoms with Crippen molar-refractivity contribution in [1.82, 2.24) is 4.98 Å². The number of nitrogens with zero attached hydrogens (tertiary/aromatic N) is 1. The fourth-order valence-corrected chi connectivity index (χ4v) is 3.73. The zero-order chi connectivity index (χ0) is 14.9. The van der Waals surface area contributed by atoms with Gasteiger partial charge in [-0.2, -0.15) is 0 Å². The van der Waals surface area contributed by atoms with Crippen LogP contribution in [0, 0.1) is 13.8 Å². The van der Waals surface area contributed by atoms with Crippen LogP contribution in [-0.4, -0.2) is 18.4 Å². The molecule has 0 aliphatic rings. The van der Waals surface area contributed by atoms with Crippen LogP contribution in [0.4, 0.5) is 5.13 Å². The molecule has 1 aromatic heterocycles. The van der Waals surface area contributed by atoms with Crippen LogP contribution in [-0.2, 0) is 10.0 Å². The molecule has 1 heterocycles. The molecule has 5 nitrogen and oxygen atoms in total. The topological polar surface area (TPSA) is 85.1 Å². The van der Waals surface area contributed by atoms with Crippen molar-refractivity contribution in [2.45, 2.75) is 18.7 Å². The monoisotopic (exact) mass is 327 g/mol. The molecule has 1 aromatic carbocycles. The number of hydrogen-bond acceptors (Lipinski definition) is 5. The maximum absolute atomic E-state index is 12.3. The molecule has 0 radical (unpaired) electrons. The summed E-state index contributed by atoms with van der Waals surface area (Å²) in [4.78, 5) is 5.39. The molecule has 3 N–H and O–H groups in total. The van der Waals surface area contributed by atoms with Gasteiger partial charge in [0.05, 0.1) is 10.6 Å². The van der Waals surface area contributed by atoms with E-state index in [1.807, 2.05) is 13.8 Å². The summed E-state index contributed by atoms with van der Waals surface area (Å²) in [7, 11) is -3.69. The van der Waals surface area contributed by atoms with Crippen molar-refractivity contribution in [2.75, 3.05) is 4.72 Å². The van der Waals surface area contributed by atoms with Crippen molar-refractivity contribution in [3.8, 4) is 0 Å². The first kappa shape index (κ1) is 14.9. The minimum absolute atomic E-state index is 0.105. The molecule has 0 fully saturated rings. The standard InChI is InChI=1S/C12H13N3O2S3/c1-7-8(2)19-12(14-7)15-20(16,17)10-5-3-4-9(6-10)11(13)18/h3-6H,1-2H3,(H2,13,18)(H,14,15). The molecule has 0 saturated carbocycles. The molecular weight excluding hydrogens is 314 g/mol. The summed E-state index contributed by atoms with van der Waals surface area (Å²) in [5.74, 6) is 0. The second kappa shape index (κ2) is 5.47. The average Bonchev–Trinajstić information content (AvgIpc) is 2.67. The molecule has 20 heavy (non-hydrogen) atoms. The fourth-order valence-electron chi connectivity index (χ4n) is 1.51. The normalized spacial score (nSPS) is 11.3. The summed E-state index contributed by atoms with van der Waals surface area (Å²) in [5, 5.41) is 0.348. The lowest BCUT2D eigenvalue weighted by Crippen LogP contribution is -2.15. The van der Waals surface area contributed by atoms with Gasteiger partial charge in [-0.25, -0.2) is 13.4 Å². The van der Waals surface area contributed by atoms with E-state index in [9.17, 15) is 8.42 Å². The molecule has 106 valence electrons. The van der Waals surface area contributed by atoms with Gasteiger partial charge in [-0.3, -0.25) is 4.72 Å². The van der Waals surface area contributed by atoms with Crippen LogP contribution in [0.5, 0.6) is 0 Å². The summed E-state index contributed by atoms with van der Waals surface area (Å²) in [6, 6.07) is 6.19. The van der Waals surface area contributed by atoms with Gasteiger partial charge >= 0.3 is 0 Å². The minimum Gasteiger partial charge on any atom is -0.389 e. The number of nitrogens with one attached hydrogen (secondary N) is 1. The van der Waals surface area contributed by atoms with Gasteiger partial charge in [0.25, 0.3) is 10.0 Å². The zero-order valence-corrected chi connectivity index (χ0v) is 13.3. The first-order valence-electron chi connectivity index (χ1n) is 5.66. The molecule has 0 aliphatic carbocycles. The van der Waals surface area contributed by atoms with Gasteiger partial charge in [-0.1, -0.05) is 24.4 Å². The average molecular weight is 327 g/mol. The van der Waals surface area contributed by atoms with E-state index in [-0.39, 0.29) is 9.88 Å². The Morgan fingerprint density at radius 2 is 2.10 bits per heavy atom. The van der Waals surface area contributed by atoms with Crippen molar-refractivity contribution in [3.05, 3.63) is 40.4 Å². The van der Waals surface area contributed by atoms with Gasteiger partial charge in [0.15, 0.2) is 5.13 Å². The van der Waals surface area contributed by atoms with Crippen LogP contribution < -0.4 is 10.5 Å². The van der Waals surface area contributed by atoms with Gasteiger partial charge in [-0.05, 0) is 26.0 Å². The Labute approximate surface area is 126 Å². The Morgan fingerprint density at radius 1 is 1.40 bits per heavy atom. The van der Waals surface area contributed by atoms with Gasteiger partial charge in [0.1, 0.15) is 4.99 Å². The Kier molecular flexibility index (Phi) is 4.07. The minimum atomic E-state index is -3.69. The number of benzene rings is 1. The molecule has 8 heteroatoms. The van der Waals surface area contributed by atoms with Gasteiger partial charge < -0.3 is 5.73 Å². The number of aromatic nitrogens is 1. The summed E-state index contributed by atoms with van der Waals surface area (Å²) < 4.78 is 27.0. The van der Waals surface area contributed by atoms with Crippen LogP contribution in [0.1, 0.15) is 16.1 Å². The molecule has 0 aliphatic heterocycles. The van der Waals surface area contributed by atoms with Gasteiger partial charge in [-0.15, -0.1) is 11.3 Å². The van der Waals surface area contributed by atoms with E-state index in [0.29, 0.717) is 10.7 Å². The van der Waals surface area contributed by atoms with Gasteiger partial charge in [0, 0.05) is 10.4 Å². The highest BCUT2D eigenvalue weighted by molar-refractivity contribution is 7.93. The van der Waals surface area contributed by atoms with E-state index in [4.69, 9.17) is 18.0 Å². The number of rotatable bonds is 4. The summed E-state index contributed by atoms with van der Waals surface area (Å²) >= 11 is 6.14. The third-order valence-electron chi connectivity index (χ3n) is 2.68. The van der Waals surface area contributed by atoms with E-state index < -0.39 is 10.0 Å². The molecule has 0 amide bonds. The molecule has 0 bridgehead atoms. The van der Waals surface area contributed by atoms with Crippen molar-refractivity contribution >= 4 is 43.7 Å². The number of anilines is 1. The molecule has 0 unspecified atom stereocenters. The zero-order valence-electron chi connectivity index (χ0n) is 10.9. The molecule has 2 rings (SSSR count). The highest BCUT2D eigenvalue weighted by Crippen LogP contribution is 2.24. The maximum atomic E-state index is 12.3. The van der Waals surface area contributed by atoms with Crippen LogP contribution in [0.25, 0.3) is 0 Å². The first-order chi connectivity index (χ1) is 9.29. The predicted molar refractivity (Wildman–Crippen MR) is 84.7 cm³/mol. The van der Waals surface area contributed by atoms with Crippen molar-refractivity contribution < 1.29 is 8.42 Å². The Hall–Kier alpha value is -1.51. The van der Waals surface area contributed by atoms with E-state index >= 15 is 0 Å². The number of thiocarbonyl (C=S) groups is 1. The Balaban J connectivity index is 2.35. The van der Waals surface area contributed by atoms with E-state index in [1.54, 1.807) is 12.1 Å². The molecule has 0 spiro atoms. The fraction of sp³-hybridized carbons (Fsp3) is 0.167. The maximum Gasteiger partial charge on any atom is 0.263 e. The third-order valence-corrected chi connectivity index (χ3v) is 5.37. The largest absolute Gasteiger partial charge is 0.389 e. The predicted octanol–water partition coefficient (Wildman–Crippen LogP) is 2.19. The second-order valence-electron chi connectivity index (χ2n) is 4.16. The molecular formula is C12H13N3O2S3. The van der Waals surface area contributed by atoms with Crippen molar-refractivity contribution in [2.24, 2.45) is 5.73 Å². The summed E-state index contributed by atoms with van der Waals surface area (Å²) in [6.45, 7) is 3.72. The number of hydrogen-bond donors (Lipinski definition) is 2. The number of nitrogens with two attached hydrogens (primary N) is 1. The van der Waals surface area contributed by atoms with Crippen molar-refractivity contribution in [1.29, 1.82) is 0 Å². The lowest BCUT2D eigenvalue weighted by Gasteiger charge is -2.06. The van der Waals surface area contributed by atoms with E-state index in [0.717, 1.165) is 10.6 Å². The summed E-state index contributed by atoms with van der Waals surface area (Å²) in [6.07, 6.45) is 0. The Morgan fingerprint density at radius 3 is 2.65 bits per heavy atom. The van der Waals surface area contributed by atoms with Crippen LogP contribution >= 0.6 is 23.6 Å². The quantitative estimate of drug-likeness (QED) is 0.841.